The highest BCUT2D eigenvalue weighted by atomic mass is 35.5. The second kappa shape index (κ2) is 12.2. The van der Waals surface area contributed by atoms with Crippen LogP contribution in [-0.2, 0) is 9.59 Å². The highest BCUT2D eigenvalue weighted by Gasteiger charge is 2.21. The highest BCUT2D eigenvalue weighted by molar-refractivity contribution is 6.30. The van der Waals surface area contributed by atoms with Crippen LogP contribution in [0, 0.1) is 11.8 Å². The molecule has 1 saturated heterocycles. The van der Waals surface area contributed by atoms with Crippen molar-refractivity contribution in [1.82, 2.24) is 10.6 Å². The lowest BCUT2D eigenvalue weighted by molar-refractivity contribution is -0.122. The smallest absolute Gasteiger partial charge is 0.224 e. The first kappa shape index (κ1) is 22.7. The van der Waals surface area contributed by atoms with Crippen LogP contribution in [0.5, 0.6) is 0 Å². The molecule has 5 nitrogen and oxygen atoms in total. The number of hydrogen-bond acceptors (Lipinski definition) is 3. The minimum Gasteiger partial charge on any atom is -0.356 e. The van der Waals surface area contributed by atoms with Gasteiger partial charge < -0.3 is 16.0 Å². The van der Waals surface area contributed by atoms with E-state index in [1.54, 1.807) is 24.3 Å². The number of amides is 2. The number of carbonyl (C=O) groups excluding carboxylic acids is 2. The average Bonchev–Trinajstić information content (AvgIpc) is 2.61. The van der Waals surface area contributed by atoms with Crippen LogP contribution in [0.1, 0.15) is 39.0 Å². The van der Waals surface area contributed by atoms with Crippen molar-refractivity contribution in [2.45, 2.75) is 39.0 Å². The van der Waals surface area contributed by atoms with Crippen molar-refractivity contribution >= 4 is 41.5 Å². The van der Waals surface area contributed by atoms with Gasteiger partial charge >= 0.3 is 0 Å². The minimum absolute atomic E-state index is 0. The van der Waals surface area contributed by atoms with E-state index in [1.807, 2.05) is 0 Å². The molecule has 1 heterocycles. The molecule has 1 aromatic carbocycles. The van der Waals surface area contributed by atoms with Gasteiger partial charge in [0.05, 0.1) is 0 Å². The molecule has 26 heavy (non-hydrogen) atoms. The van der Waals surface area contributed by atoms with Crippen LogP contribution in [0.3, 0.4) is 0 Å². The number of hydrogen-bond donors (Lipinski definition) is 3. The normalized spacial score (nSPS) is 17.7. The fraction of sp³-hybridized carbons (Fsp3) is 0.579. The quantitative estimate of drug-likeness (QED) is 0.582. The molecule has 2 rings (SSSR count). The highest BCUT2D eigenvalue weighted by Crippen LogP contribution is 2.22. The molecule has 146 valence electrons. The van der Waals surface area contributed by atoms with Crippen LogP contribution >= 0.6 is 24.0 Å². The van der Waals surface area contributed by atoms with Crippen molar-refractivity contribution < 1.29 is 9.59 Å². The molecule has 0 saturated carbocycles. The Balaban J connectivity index is 0.00000338. The van der Waals surface area contributed by atoms with Gasteiger partial charge in [0.15, 0.2) is 0 Å². The molecular weight excluding hydrogens is 373 g/mol. The van der Waals surface area contributed by atoms with E-state index in [4.69, 9.17) is 11.6 Å². The van der Waals surface area contributed by atoms with E-state index < -0.39 is 0 Å². The van der Waals surface area contributed by atoms with Crippen molar-refractivity contribution in [1.29, 1.82) is 0 Å². The van der Waals surface area contributed by atoms with Gasteiger partial charge in [0.25, 0.3) is 0 Å². The molecule has 7 heteroatoms. The summed E-state index contributed by atoms with van der Waals surface area (Å²) in [6, 6.07) is 7.01. The predicted molar refractivity (Wildman–Crippen MR) is 109 cm³/mol. The zero-order valence-corrected chi connectivity index (χ0v) is 16.8. The van der Waals surface area contributed by atoms with E-state index in [0.29, 0.717) is 42.7 Å². The van der Waals surface area contributed by atoms with Crippen LogP contribution in [0.2, 0.25) is 5.02 Å². The number of nitrogens with one attached hydrogen (secondary N) is 3. The Labute approximate surface area is 167 Å². The summed E-state index contributed by atoms with van der Waals surface area (Å²) in [6.07, 6.45) is 3.96. The molecule has 1 fully saturated rings. The van der Waals surface area contributed by atoms with Crippen LogP contribution < -0.4 is 16.0 Å². The molecule has 2 amide bonds. The number of halogens is 2. The molecule has 0 aromatic heterocycles. The Hall–Kier alpha value is -1.30. The number of carbonyl (C=O) groups is 2. The largest absolute Gasteiger partial charge is 0.356 e. The average molecular weight is 402 g/mol. The van der Waals surface area contributed by atoms with Gasteiger partial charge in [0.2, 0.25) is 11.8 Å². The van der Waals surface area contributed by atoms with Crippen LogP contribution in [0.25, 0.3) is 0 Å². The SMILES string of the molecule is CC(CC(=O)NCCCC(=O)Nc1ccc(Cl)cc1)C1CCCNC1.Cl. The van der Waals surface area contributed by atoms with E-state index >= 15 is 0 Å². The summed E-state index contributed by atoms with van der Waals surface area (Å²) in [6.45, 7) is 4.78. The van der Waals surface area contributed by atoms with E-state index in [9.17, 15) is 9.59 Å². The zero-order chi connectivity index (χ0) is 18.1. The molecule has 1 aliphatic rings. The van der Waals surface area contributed by atoms with Crippen LogP contribution in [0.4, 0.5) is 5.69 Å². The number of benzene rings is 1. The fourth-order valence-electron chi connectivity index (χ4n) is 3.13. The Bertz CT molecular complexity index is 560. The van der Waals surface area contributed by atoms with Crippen molar-refractivity contribution in [3.05, 3.63) is 29.3 Å². The lowest BCUT2D eigenvalue weighted by Crippen LogP contribution is -2.35. The second-order valence-electron chi connectivity index (χ2n) is 6.80. The molecule has 1 aliphatic heterocycles. The zero-order valence-electron chi connectivity index (χ0n) is 15.2. The predicted octanol–water partition coefficient (Wildman–Crippen LogP) is 3.62. The van der Waals surface area contributed by atoms with E-state index in [-0.39, 0.29) is 24.2 Å². The van der Waals surface area contributed by atoms with Gasteiger partial charge in [-0.2, -0.15) is 0 Å². The lowest BCUT2D eigenvalue weighted by Gasteiger charge is -2.28. The standard InChI is InChI=1S/C19H28ClN3O2.ClH/c1-14(15-4-2-10-21-13-15)12-19(25)22-11-3-5-18(24)23-17-8-6-16(20)7-9-17;/h6-9,14-15,21H,2-5,10-13H2,1H3,(H,22,25)(H,23,24);1H. The maximum Gasteiger partial charge on any atom is 0.224 e. The summed E-state index contributed by atoms with van der Waals surface area (Å²) in [7, 11) is 0. The molecule has 0 radical (unpaired) electrons. The van der Waals surface area contributed by atoms with E-state index in [0.717, 1.165) is 18.8 Å². The summed E-state index contributed by atoms with van der Waals surface area (Å²) in [5.41, 5.74) is 0.730. The molecule has 3 N–H and O–H groups in total. The first-order chi connectivity index (χ1) is 12.0. The van der Waals surface area contributed by atoms with Gasteiger partial charge in [-0.05, 0) is 68.5 Å². The number of rotatable bonds is 8. The van der Waals surface area contributed by atoms with Gasteiger partial charge in [-0.15, -0.1) is 12.4 Å². The van der Waals surface area contributed by atoms with Gasteiger partial charge in [-0.3, -0.25) is 9.59 Å². The summed E-state index contributed by atoms with van der Waals surface area (Å²) in [5.74, 6) is 1.00. The lowest BCUT2D eigenvalue weighted by atomic mass is 9.85. The Morgan fingerprint density at radius 1 is 1.27 bits per heavy atom. The molecule has 0 spiro atoms. The third-order valence-corrected chi connectivity index (χ3v) is 4.93. The summed E-state index contributed by atoms with van der Waals surface area (Å²) in [4.78, 5) is 23.9. The van der Waals surface area contributed by atoms with Gasteiger partial charge in [0, 0.05) is 30.1 Å². The molecule has 2 unspecified atom stereocenters. The summed E-state index contributed by atoms with van der Waals surface area (Å²) >= 11 is 5.81. The number of anilines is 1. The van der Waals surface area contributed by atoms with Gasteiger partial charge in [-0.25, -0.2) is 0 Å². The summed E-state index contributed by atoms with van der Waals surface area (Å²) < 4.78 is 0. The molecular formula is C19H29Cl2N3O2. The summed E-state index contributed by atoms with van der Waals surface area (Å²) in [5, 5.41) is 9.77. The molecule has 1 aromatic rings. The second-order valence-corrected chi connectivity index (χ2v) is 7.23. The van der Waals surface area contributed by atoms with Crippen molar-refractivity contribution in [2.75, 3.05) is 25.0 Å². The van der Waals surface area contributed by atoms with E-state index in [2.05, 4.69) is 22.9 Å². The third kappa shape index (κ3) is 8.39. The first-order valence-electron chi connectivity index (χ1n) is 9.07. The van der Waals surface area contributed by atoms with Crippen LogP contribution in [0.15, 0.2) is 24.3 Å². The van der Waals surface area contributed by atoms with Gasteiger partial charge in [-0.1, -0.05) is 18.5 Å². The molecule has 2 atom stereocenters. The van der Waals surface area contributed by atoms with Crippen LogP contribution in [-0.4, -0.2) is 31.4 Å². The maximum atomic E-state index is 12.0. The van der Waals surface area contributed by atoms with Gasteiger partial charge in [0.1, 0.15) is 0 Å². The Morgan fingerprint density at radius 3 is 2.65 bits per heavy atom. The maximum absolute atomic E-state index is 12.0. The third-order valence-electron chi connectivity index (χ3n) is 4.68. The topological polar surface area (TPSA) is 70.2 Å². The van der Waals surface area contributed by atoms with E-state index in [1.165, 1.54) is 12.8 Å². The Morgan fingerprint density at radius 2 is 2.00 bits per heavy atom. The molecule has 0 aliphatic carbocycles. The first-order valence-corrected chi connectivity index (χ1v) is 9.45. The van der Waals surface area contributed by atoms with Crippen molar-refractivity contribution in [2.24, 2.45) is 11.8 Å². The molecule has 0 bridgehead atoms. The Kier molecular flexibility index (Phi) is 10.6. The van der Waals surface area contributed by atoms with Crippen molar-refractivity contribution in [3.63, 3.8) is 0 Å². The fourth-order valence-corrected chi connectivity index (χ4v) is 3.26. The van der Waals surface area contributed by atoms with Crippen molar-refractivity contribution in [3.8, 4) is 0 Å². The minimum atomic E-state index is -0.0572. The monoisotopic (exact) mass is 401 g/mol. The number of piperidine rings is 1.